The van der Waals surface area contributed by atoms with Crippen molar-refractivity contribution < 1.29 is 32.5 Å². The minimum absolute atomic E-state index is 0.0203. The first-order valence-corrected chi connectivity index (χ1v) is 10.4. The van der Waals surface area contributed by atoms with Crippen LogP contribution >= 0.6 is 11.6 Å². The van der Waals surface area contributed by atoms with Crippen LogP contribution in [0, 0.1) is 5.41 Å². The molecule has 0 spiro atoms. The predicted molar refractivity (Wildman–Crippen MR) is 99.7 cm³/mol. The average Bonchev–Trinajstić information content (AvgIpc) is 3.13. The molecule has 148 valence electrons. The van der Waals surface area contributed by atoms with E-state index in [9.17, 15) is 18.3 Å². The largest absolute Gasteiger partial charge is 0.481 e. The van der Waals surface area contributed by atoms with E-state index in [4.69, 9.17) is 25.8 Å². The maximum atomic E-state index is 13.3. The van der Waals surface area contributed by atoms with Crippen LogP contribution in [0.25, 0.3) is 0 Å². The van der Waals surface area contributed by atoms with E-state index in [1.54, 1.807) is 18.2 Å². The Bertz CT molecular complexity index is 1030. The number of hydrogen-bond donors (Lipinski definition) is 1. The molecule has 2 aromatic rings. The number of aliphatic carboxylic acids is 1. The molecular weight excluding hydrogens is 408 g/mol. The first-order valence-electron chi connectivity index (χ1n) is 8.43. The third-order valence-electron chi connectivity index (χ3n) is 5.27. The molecule has 1 saturated carbocycles. The number of rotatable bonds is 6. The van der Waals surface area contributed by atoms with E-state index in [-0.39, 0.29) is 18.3 Å². The molecule has 2 aromatic carbocycles. The molecule has 0 radical (unpaired) electrons. The molecule has 1 fully saturated rings. The van der Waals surface area contributed by atoms with Crippen molar-refractivity contribution in [3.8, 4) is 11.5 Å². The van der Waals surface area contributed by atoms with Gasteiger partial charge in [-0.2, -0.15) is 0 Å². The lowest BCUT2D eigenvalue weighted by Crippen LogP contribution is -2.28. The maximum Gasteiger partial charge on any atom is 0.314 e. The van der Waals surface area contributed by atoms with Gasteiger partial charge in [0.2, 0.25) is 6.79 Å². The van der Waals surface area contributed by atoms with E-state index in [0.717, 1.165) is 0 Å². The Morgan fingerprint density at radius 3 is 2.54 bits per heavy atom. The summed E-state index contributed by atoms with van der Waals surface area (Å²) in [6.07, 6.45) is 0. The number of halogens is 1. The van der Waals surface area contributed by atoms with Crippen molar-refractivity contribution in [2.24, 2.45) is 5.41 Å². The van der Waals surface area contributed by atoms with Crippen LogP contribution < -0.4 is 9.47 Å². The predicted octanol–water partition coefficient (Wildman–Crippen LogP) is 2.73. The molecule has 0 aromatic heterocycles. The van der Waals surface area contributed by atoms with Crippen LogP contribution in [-0.2, 0) is 19.4 Å². The Morgan fingerprint density at radius 2 is 1.89 bits per heavy atom. The van der Waals surface area contributed by atoms with Gasteiger partial charge in [-0.15, -0.1) is 0 Å². The Balaban J connectivity index is 1.81. The van der Waals surface area contributed by atoms with Crippen molar-refractivity contribution >= 4 is 27.4 Å². The fourth-order valence-corrected chi connectivity index (χ4v) is 6.42. The summed E-state index contributed by atoms with van der Waals surface area (Å²) >= 11 is 5.86. The molecule has 0 unspecified atom stereocenters. The molecule has 1 aliphatic heterocycles. The second-order valence-electron chi connectivity index (χ2n) is 6.79. The van der Waals surface area contributed by atoms with Gasteiger partial charge in [-0.05, 0) is 42.0 Å². The molecule has 1 aliphatic carbocycles. The Morgan fingerprint density at radius 1 is 1.21 bits per heavy atom. The summed E-state index contributed by atoms with van der Waals surface area (Å²) in [5.41, 5.74) is -1.05. The standard InChI is InChI=1S/C19H17ClO7S/c1-25-9-19(18(21)22)16(11-2-7-14-15(8-11)27-10-26-14)17(19)28(23,24)13-5-3-12(20)4-6-13/h2-8,16-17H,9-10H2,1H3,(H,21,22)/t16-,17+,19+/m1/s1. The number of sulfone groups is 1. The summed E-state index contributed by atoms with van der Waals surface area (Å²) in [5, 5.41) is 9.17. The summed E-state index contributed by atoms with van der Waals surface area (Å²) in [6, 6.07) is 10.6. The van der Waals surface area contributed by atoms with Gasteiger partial charge in [-0.3, -0.25) is 4.79 Å². The normalized spacial score (nSPS) is 25.5. The number of benzene rings is 2. The molecule has 9 heteroatoms. The number of fused-ring (bicyclic) bond motifs is 1. The van der Waals surface area contributed by atoms with Gasteiger partial charge in [0.15, 0.2) is 21.3 Å². The molecule has 28 heavy (non-hydrogen) atoms. The van der Waals surface area contributed by atoms with Gasteiger partial charge in [0.1, 0.15) is 5.41 Å². The van der Waals surface area contributed by atoms with Crippen LogP contribution in [0.4, 0.5) is 0 Å². The van der Waals surface area contributed by atoms with E-state index >= 15 is 0 Å². The zero-order chi connectivity index (χ0) is 20.1. The Hall–Kier alpha value is -2.29. The van der Waals surface area contributed by atoms with Crippen molar-refractivity contribution in [3.63, 3.8) is 0 Å². The second kappa shape index (κ2) is 6.65. The van der Waals surface area contributed by atoms with Crippen molar-refractivity contribution in [1.82, 2.24) is 0 Å². The van der Waals surface area contributed by atoms with E-state index in [2.05, 4.69) is 0 Å². The van der Waals surface area contributed by atoms with Gasteiger partial charge in [0, 0.05) is 18.1 Å². The molecule has 4 rings (SSSR count). The summed E-state index contributed by atoms with van der Waals surface area (Å²) < 4.78 is 42.4. The van der Waals surface area contributed by atoms with Gasteiger partial charge < -0.3 is 19.3 Å². The van der Waals surface area contributed by atoms with Gasteiger partial charge in [-0.25, -0.2) is 8.42 Å². The van der Waals surface area contributed by atoms with Crippen LogP contribution in [0.1, 0.15) is 11.5 Å². The smallest absolute Gasteiger partial charge is 0.314 e. The topological polar surface area (TPSA) is 99.1 Å². The third kappa shape index (κ3) is 2.75. The Kier molecular flexibility index (Phi) is 4.52. The number of hydrogen-bond acceptors (Lipinski definition) is 6. The highest BCUT2D eigenvalue weighted by molar-refractivity contribution is 7.92. The number of carboxylic acids is 1. The maximum absolute atomic E-state index is 13.3. The van der Waals surface area contributed by atoms with Crippen LogP contribution in [0.3, 0.4) is 0 Å². The van der Waals surface area contributed by atoms with E-state index in [1.165, 1.54) is 31.4 Å². The molecule has 7 nitrogen and oxygen atoms in total. The molecule has 1 heterocycles. The molecule has 1 N–H and O–H groups in total. The van der Waals surface area contributed by atoms with Crippen molar-refractivity contribution in [2.45, 2.75) is 16.1 Å². The van der Waals surface area contributed by atoms with Crippen molar-refractivity contribution in [2.75, 3.05) is 20.5 Å². The lowest BCUT2D eigenvalue weighted by Gasteiger charge is -2.12. The monoisotopic (exact) mass is 424 g/mol. The number of methoxy groups -OCH3 is 1. The van der Waals surface area contributed by atoms with Crippen LogP contribution in [-0.4, -0.2) is 45.3 Å². The van der Waals surface area contributed by atoms with Gasteiger partial charge in [0.25, 0.3) is 0 Å². The highest BCUT2D eigenvalue weighted by Crippen LogP contribution is 2.65. The first-order chi connectivity index (χ1) is 13.3. The second-order valence-corrected chi connectivity index (χ2v) is 9.29. The number of carbonyl (C=O) groups is 1. The summed E-state index contributed by atoms with van der Waals surface area (Å²) in [4.78, 5) is 12.2. The lowest BCUT2D eigenvalue weighted by atomic mass is 9.99. The number of carboxylic acid groups (broad SMARTS) is 1. The van der Waals surface area contributed by atoms with Gasteiger partial charge in [0.05, 0.1) is 16.8 Å². The fourth-order valence-electron chi connectivity index (χ4n) is 3.94. The van der Waals surface area contributed by atoms with Crippen molar-refractivity contribution in [1.29, 1.82) is 0 Å². The summed E-state index contributed by atoms with van der Waals surface area (Å²) in [5.74, 6) is -1.02. The Labute approximate surface area is 166 Å². The van der Waals surface area contributed by atoms with Gasteiger partial charge in [-0.1, -0.05) is 17.7 Å². The summed E-state index contributed by atoms with van der Waals surface area (Å²) in [7, 11) is -2.61. The zero-order valence-electron chi connectivity index (χ0n) is 14.8. The van der Waals surface area contributed by atoms with Crippen LogP contribution in [0.5, 0.6) is 11.5 Å². The quantitative estimate of drug-likeness (QED) is 0.761. The fraction of sp³-hybridized carbons (Fsp3) is 0.316. The number of ether oxygens (including phenoxy) is 3. The first kappa shape index (κ1) is 19.0. The molecule has 2 aliphatic rings. The highest BCUT2D eigenvalue weighted by atomic mass is 35.5. The van der Waals surface area contributed by atoms with Gasteiger partial charge >= 0.3 is 5.97 Å². The van der Waals surface area contributed by atoms with Crippen LogP contribution in [0.15, 0.2) is 47.4 Å². The van der Waals surface area contributed by atoms with Crippen LogP contribution in [0.2, 0.25) is 5.02 Å². The SMILES string of the molecule is COC[C@]1(C(=O)O)[C@H](c2ccc3c(c2)OCO3)[C@@H]1S(=O)(=O)c1ccc(Cl)cc1. The highest BCUT2D eigenvalue weighted by Gasteiger charge is 2.76. The third-order valence-corrected chi connectivity index (χ3v) is 7.81. The van der Waals surface area contributed by atoms with Crippen molar-refractivity contribution in [3.05, 3.63) is 53.1 Å². The lowest BCUT2D eigenvalue weighted by molar-refractivity contribution is -0.145. The summed E-state index contributed by atoms with van der Waals surface area (Å²) in [6.45, 7) is -0.170. The van der Waals surface area contributed by atoms with E-state index in [1.807, 2.05) is 0 Å². The average molecular weight is 425 g/mol. The molecular formula is C19H17ClO7S. The molecule has 3 atom stereocenters. The van der Waals surface area contributed by atoms with E-state index in [0.29, 0.717) is 22.1 Å². The zero-order valence-corrected chi connectivity index (χ0v) is 16.4. The molecule has 0 amide bonds. The molecule has 0 bridgehead atoms. The molecule has 0 saturated heterocycles. The minimum atomic E-state index is -3.96. The van der Waals surface area contributed by atoms with E-state index < -0.39 is 32.4 Å². The minimum Gasteiger partial charge on any atom is -0.481 e.